The lowest BCUT2D eigenvalue weighted by molar-refractivity contribution is -0.121. The number of methoxy groups -OCH3 is 2. The fraction of sp³-hybridized carbons (Fsp3) is 0.190. The van der Waals surface area contributed by atoms with E-state index in [1.807, 2.05) is 42.6 Å². The Morgan fingerprint density at radius 2 is 1.91 bits per heavy atom. The number of benzene rings is 2. The Hall–Kier alpha value is -2.21. The molecule has 0 saturated heterocycles. The third-order valence-electron chi connectivity index (χ3n) is 4.20. The number of aromatic nitrogens is 1. The molecule has 3 aromatic rings. The van der Waals surface area contributed by atoms with Crippen LogP contribution in [0.15, 0.2) is 44.7 Å². The summed E-state index contributed by atoms with van der Waals surface area (Å²) in [5, 5.41) is 8.08. The van der Waals surface area contributed by atoms with Crippen LogP contribution in [0.2, 0.25) is 0 Å². The van der Waals surface area contributed by atoms with Crippen LogP contribution in [0, 0.1) is 6.92 Å². The fourth-order valence-electron chi connectivity index (χ4n) is 2.76. The molecule has 0 atom stereocenters. The molecule has 0 bridgehead atoms. The van der Waals surface area contributed by atoms with Crippen LogP contribution >= 0.6 is 55.4 Å². The number of carbonyl (C=O) groups is 1. The number of thiocarbonyl (C=S) groups is 1. The molecule has 1 heterocycles. The molecule has 0 saturated carbocycles. The summed E-state index contributed by atoms with van der Waals surface area (Å²) in [6.07, 6.45) is 0. The predicted octanol–water partition coefficient (Wildman–Crippen LogP) is 5.55. The molecule has 0 radical (unpaired) electrons. The van der Waals surface area contributed by atoms with E-state index < -0.39 is 0 Å². The third kappa shape index (κ3) is 6.18. The highest BCUT2D eigenvalue weighted by atomic mass is 79.9. The molecule has 0 unspecified atom stereocenters. The van der Waals surface area contributed by atoms with Gasteiger partial charge in [-0.15, -0.1) is 11.3 Å². The highest BCUT2D eigenvalue weighted by molar-refractivity contribution is 9.11. The van der Waals surface area contributed by atoms with Gasteiger partial charge in [0.15, 0.2) is 28.3 Å². The summed E-state index contributed by atoms with van der Waals surface area (Å²) in [5.74, 6) is 1.47. The highest BCUT2D eigenvalue weighted by Gasteiger charge is 2.13. The van der Waals surface area contributed by atoms with Crippen molar-refractivity contribution in [3.05, 3.63) is 50.2 Å². The van der Waals surface area contributed by atoms with Gasteiger partial charge in [-0.25, -0.2) is 4.98 Å². The number of ether oxygens (including phenoxy) is 3. The number of rotatable bonds is 7. The number of amides is 1. The van der Waals surface area contributed by atoms with Gasteiger partial charge in [-0.2, -0.15) is 0 Å². The van der Waals surface area contributed by atoms with Crippen LogP contribution in [-0.4, -0.2) is 36.8 Å². The summed E-state index contributed by atoms with van der Waals surface area (Å²) in [7, 11) is 3.17. The first-order chi connectivity index (χ1) is 15.3. The Labute approximate surface area is 211 Å². The van der Waals surface area contributed by atoms with Gasteiger partial charge in [-0.3, -0.25) is 10.1 Å². The number of anilines is 1. The maximum Gasteiger partial charge on any atom is 0.264 e. The van der Waals surface area contributed by atoms with E-state index in [-0.39, 0.29) is 17.6 Å². The molecule has 0 spiro atoms. The van der Waals surface area contributed by atoms with Crippen LogP contribution in [0.4, 0.5) is 5.13 Å². The van der Waals surface area contributed by atoms with Crippen LogP contribution < -0.4 is 24.8 Å². The minimum atomic E-state index is -0.381. The SMILES string of the molecule is COc1ccc(-c2csc(NC(=S)NC(=O)COc3c(C)cc(Br)cc3Br)n2)cc1OC. The summed E-state index contributed by atoms with van der Waals surface area (Å²) < 4.78 is 17.9. The normalized spacial score (nSPS) is 10.4. The maximum absolute atomic E-state index is 12.2. The van der Waals surface area contributed by atoms with Crippen LogP contribution in [0.25, 0.3) is 11.3 Å². The molecule has 168 valence electrons. The van der Waals surface area contributed by atoms with E-state index in [1.165, 1.54) is 11.3 Å². The van der Waals surface area contributed by atoms with Gasteiger partial charge in [0.05, 0.1) is 24.4 Å². The number of carbonyl (C=O) groups excluding carboxylic acids is 1. The topological polar surface area (TPSA) is 81.7 Å². The highest BCUT2D eigenvalue weighted by Crippen LogP contribution is 2.34. The van der Waals surface area contributed by atoms with Gasteiger partial charge in [0.1, 0.15) is 5.75 Å². The largest absolute Gasteiger partial charge is 0.493 e. The Bertz CT molecular complexity index is 1130. The van der Waals surface area contributed by atoms with Gasteiger partial charge in [-0.05, 0) is 71.0 Å². The smallest absolute Gasteiger partial charge is 0.264 e. The van der Waals surface area contributed by atoms with E-state index in [2.05, 4.69) is 47.5 Å². The molecule has 1 amide bonds. The second kappa shape index (κ2) is 11.1. The zero-order valence-electron chi connectivity index (χ0n) is 17.3. The average Bonchev–Trinajstić information content (AvgIpc) is 3.20. The van der Waals surface area contributed by atoms with Crippen LogP contribution in [0.1, 0.15) is 5.56 Å². The van der Waals surface area contributed by atoms with Crippen molar-refractivity contribution in [2.45, 2.75) is 6.92 Å². The van der Waals surface area contributed by atoms with Crippen molar-refractivity contribution >= 4 is 71.6 Å². The van der Waals surface area contributed by atoms with Crippen LogP contribution in [0.5, 0.6) is 17.2 Å². The molecule has 0 aliphatic rings. The second-order valence-corrected chi connectivity index (χ2v) is 9.47. The first-order valence-electron chi connectivity index (χ1n) is 9.18. The Balaban J connectivity index is 1.57. The molecule has 32 heavy (non-hydrogen) atoms. The molecule has 2 aromatic carbocycles. The van der Waals surface area contributed by atoms with E-state index in [1.54, 1.807) is 14.2 Å². The summed E-state index contributed by atoms with van der Waals surface area (Å²) in [4.78, 5) is 16.7. The molecule has 2 N–H and O–H groups in total. The number of thiazole rings is 1. The quantitative estimate of drug-likeness (QED) is 0.344. The van der Waals surface area contributed by atoms with Crippen molar-refractivity contribution in [2.75, 3.05) is 26.1 Å². The van der Waals surface area contributed by atoms with Crippen molar-refractivity contribution in [3.63, 3.8) is 0 Å². The first kappa shape index (κ1) is 24.4. The van der Waals surface area contributed by atoms with Crippen molar-refractivity contribution in [2.24, 2.45) is 0 Å². The second-order valence-electron chi connectivity index (χ2n) is 6.43. The van der Waals surface area contributed by atoms with Gasteiger partial charge in [-0.1, -0.05) is 15.9 Å². The number of nitrogens with one attached hydrogen (secondary N) is 2. The Morgan fingerprint density at radius 3 is 2.59 bits per heavy atom. The molecule has 0 aliphatic heterocycles. The number of aryl methyl sites for hydroxylation is 1. The lowest BCUT2D eigenvalue weighted by Crippen LogP contribution is -2.37. The Kier molecular flexibility index (Phi) is 8.46. The van der Waals surface area contributed by atoms with Crippen molar-refractivity contribution < 1.29 is 19.0 Å². The van der Waals surface area contributed by atoms with E-state index in [4.69, 9.17) is 26.4 Å². The first-order valence-corrected chi connectivity index (χ1v) is 12.0. The minimum Gasteiger partial charge on any atom is -0.493 e. The van der Waals surface area contributed by atoms with E-state index in [9.17, 15) is 4.79 Å². The molecule has 0 fully saturated rings. The zero-order chi connectivity index (χ0) is 23.3. The minimum absolute atomic E-state index is 0.137. The summed E-state index contributed by atoms with van der Waals surface area (Å²) >= 11 is 13.4. The van der Waals surface area contributed by atoms with Crippen LogP contribution in [-0.2, 0) is 4.79 Å². The van der Waals surface area contributed by atoms with E-state index >= 15 is 0 Å². The molecular weight excluding hydrogens is 582 g/mol. The lowest BCUT2D eigenvalue weighted by atomic mass is 10.1. The van der Waals surface area contributed by atoms with E-state index in [0.717, 1.165) is 25.8 Å². The summed E-state index contributed by atoms with van der Waals surface area (Å²) in [5.41, 5.74) is 2.50. The fourth-order valence-corrected chi connectivity index (χ4v) is 5.31. The number of nitrogens with zero attached hydrogens (tertiary/aromatic N) is 1. The summed E-state index contributed by atoms with van der Waals surface area (Å²) in [6, 6.07) is 9.31. The van der Waals surface area contributed by atoms with E-state index in [0.29, 0.717) is 22.4 Å². The number of hydrogen-bond donors (Lipinski definition) is 2. The molecule has 3 rings (SSSR count). The average molecular weight is 601 g/mol. The molecule has 1 aromatic heterocycles. The molecule has 0 aliphatic carbocycles. The van der Waals surface area contributed by atoms with Crippen molar-refractivity contribution in [1.82, 2.24) is 10.3 Å². The van der Waals surface area contributed by atoms with Gasteiger partial charge in [0.2, 0.25) is 0 Å². The lowest BCUT2D eigenvalue weighted by Gasteiger charge is -2.12. The number of halogens is 2. The zero-order valence-corrected chi connectivity index (χ0v) is 22.1. The Morgan fingerprint density at radius 1 is 1.16 bits per heavy atom. The number of hydrogen-bond acceptors (Lipinski definition) is 7. The van der Waals surface area contributed by atoms with Gasteiger partial charge in [0.25, 0.3) is 5.91 Å². The van der Waals surface area contributed by atoms with Crippen molar-refractivity contribution in [1.29, 1.82) is 0 Å². The van der Waals surface area contributed by atoms with Gasteiger partial charge < -0.3 is 19.5 Å². The monoisotopic (exact) mass is 599 g/mol. The molecule has 11 heteroatoms. The standard InChI is InChI=1S/C21H19Br2N3O4S2/c1-11-6-13(22)8-14(23)19(11)30-9-18(27)25-20(31)26-21-24-15(10-32-21)12-4-5-16(28-2)17(7-12)29-3/h4-8,10H,9H2,1-3H3,(H2,24,25,26,27,31). The maximum atomic E-state index is 12.2. The third-order valence-corrected chi connectivity index (χ3v) is 6.21. The molecule has 7 nitrogen and oxygen atoms in total. The molecular formula is C21H19Br2N3O4S2. The predicted molar refractivity (Wildman–Crippen MR) is 137 cm³/mol. The van der Waals surface area contributed by atoms with Crippen molar-refractivity contribution in [3.8, 4) is 28.5 Å². The van der Waals surface area contributed by atoms with Gasteiger partial charge in [0, 0.05) is 15.4 Å². The van der Waals surface area contributed by atoms with Gasteiger partial charge >= 0.3 is 0 Å². The van der Waals surface area contributed by atoms with Crippen LogP contribution in [0.3, 0.4) is 0 Å². The summed E-state index contributed by atoms with van der Waals surface area (Å²) in [6.45, 7) is 1.71.